The highest BCUT2D eigenvalue weighted by molar-refractivity contribution is 5.79. The minimum absolute atomic E-state index is 0.662. The number of nitrogens with one attached hydrogen (secondary N) is 2. The number of aryl methyl sites for hydroxylation is 3. The lowest BCUT2D eigenvalue weighted by molar-refractivity contribution is 0.597. The lowest BCUT2D eigenvalue weighted by Crippen LogP contribution is -2.38. The van der Waals surface area contributed by atoms with E-state index in [1.807, 2.05) is 47.7 Å². The molecule has 142 valence electrons. The Balaban J connectivity index is 1.61. The largest absolute Gasteiger partial charge is 0.355 e. The van der Waals surface area contributed by atoms with Gasteiger partial charge in [0, 0.05) is 32.0 Å². The van der Waals surface area contributed by atoms with Crippen molar-refractivity contribution in [1.82, 2.24) is 30.2 Å². The molecule has 3 aromatic rings. The number of guanidine groups is 1. The molecule has 0 aliphatic carbocycles. The van der Waals surface area contributed by atoms with Gasteiger partial charge in [0.2, 0.25) is 0 Å². The van der Waals surface area contributed by atoms with Gasteiger partial charge in [0.15, 0.2) is 5.96 Å². The number of aromatic nitrogens is 4. The fourth-order valence-electron chi connectivity index (χ4n) is 3.02. The molecule has 1 aromatic carbocycles. The lowest BCUT2D eigenvalue weighted by atomic mass is 10.1. The van der Waals surface area contributed by atoms with Crippen LogP contribution in [0.3, 0.4) is 0 Å². The zero-order chi connectivity index (χ0) is 19.2. The molecule has 7 nitrogen and oxygen atoms in total. The van der Waals surface area contributed by atoms with Crippen molar-refractivity contribution in [2.45, 2.75) is 33.9 Å². The normalized spacial score (nSPS) is 11.6. The average Bonchev–Trinajstić information content (AvgIpc) is 3.22. The van der Waals surface area contributed by atoms with Gasteiger partial charge in [-0.05, 0) is 44.0 Å². The fraction of sp³-hybridized carbons (Fsp3) is 0.350. The SMILES string of the molecule is CN=C(NCCn1cc(C)cn1)NCc1ccccc1-n1nc(C)cc1C. The van der Waals surface area contributed by atoms with Crippen molar-refractivity contribution in [3.63, 3.8) is 0 Å². The van der Waals surface area contributed by atoms with Crippen LogP contribution >= 0.6 is 0 Å². The molecule has 2 N–H and O–H groups in total. The Hall–Kier alpha value is -3.09. The number of benzene rings is 1. The molecule has 2 heterocycles. The minimum Gasteiger partial charge on any atom is -0.355 e. The summed E-state index contributed by atoms with van der Waals surface area (Å²) >= 11 is 0. The second kappa shape index (κ2) is 8.53. The molecule has 0 saturated heterocycles. The summed E-state index contributed by atoms with van der Waals surface area (Å²) in [6.07, 6.45) is 3.89. The maximum absolute atomic E-state index is 4.61. The first-order chi connectivity index (χ1) is 13.1. The second-order valence-corrected chi connectivity index (χ2v) is 6.60. The zero-order valence-corrected chi connectivity index (χ0v) is 16.4. The van der Waals surface area contributed by atoms with E-state index in [-0.39, 0.29) is 0 Å². The molecule has 7 heteroatoms. The average molecular weight is 365 g/mol. The molecule has 0 fully saturated rings. The van der Waals surface area contributed by atoms with Gasteiger partial charge in [-0.3, -0.25) is 9.67 Å². The van der Waals surface area contributed by atoms with Gasteiger partial charge in [0.05, 0.1) is 24.1 Å². The molecule has 0 bridgehead atoms. The van der Waals surface area contributed by atoms with E-state index in [0.29, 0.717) is 6.54 Å². The summed E-state index contributed by atoms with van der Waals surface area (Å²) in [6, 6.07) is 10.4. The summed E-state index contributed by atoms with van der Waals surface area (Å²) in [4.78, 5) is 4.31. The smallest absolute Gasteiger partial charge is 0.191 e. The Morgan fingerprint density at radius 2 is 1.96 bits per heavy atom. The highest BCUT2D eigenvalue weighted by atomic mass is 15.3. The molecule has 3 rings (SSSR count). The van der Waals surface area contributed by atoms with E-state index in [2.05, 4.69) is 50.9 Å². The summed E-state index contributed by atoms with van der Waals surface area (Å²) < 4.78 is 3.91. The molecule has 0 aliphatic heterocycles. The predicted octanol–water partition coefficient (Wildman–Crippen LogP) is 2.36. The first kappa shape index (κ1) is 18.7. The molecule has 0 aliphatic rings. The van der Waals surface area contributed by atoms with E-state index < -0.39 is 0 Å². The Morgan fingerprint density at radius 3 is 2.63 bits per heavy atom. The molecule has 0 unspecified atom stereocenters. The number of rotatable bonds is 6. The van der Waals surface area contributed by atoms with Crippen molar-refractivity contribution >= 4 is 5.96 Å². The predicted molar refractivity (Wildman–Crippen MR) is 108 cm³/mol. The lowest BCUT2D eigenvalue weighted by Gasteiger charge is -2.15. The third-order valence-corrected chi connectivity index (χ3v) is 4.29. The summed E-state index contributed by atoms with van der Waals surface area (Å²) in [5.41, 5.74) is 5.55. The van der Waals surface area contributed by atoms with E-state index in [4.69, 9.17) is 0 Å². The monoisotopic (exact) mass is 365 g/mol. The highest BCUT2D eigenvalue weighted by Crippen LogP contribution is 2.16. The summed E-state index contributed by atoms with van der Waals surface area (Å²) in [6.45, 7) is 8.32. The molecule has 2 aromatic heterocycles. The van der Waals surface area contributed by atoms with E-state index in [1.165, 1.54) is 5.56 Å². The van der Waals surface area contributed by atoms with Crippen molar-refractivity contribution in [2.75, 3.05) is 13.6 Å². The fourth-order valence-corrected chi connectivity index (χ4v) is 3.02. The van der Waals surface area contributed by atoms with Crippen molar-refractivity contribution in [1.29, 1.82) is 0 Å². The van der Waals surface area contributed by atoms with Crippen LogP contribution in [0.25, 0.3) is 5.69 Å². The van der Waals surface area contributed by atoms with Crippen LogP contribution in [0, 0.1) is 20.8 Å². The molecule has 0 atom stereocenters. The van der Waals surface area contributed by atoms with Crippen molar-refractivity contribution in [3.05, 3.63) is 65.2 Å². The molecule has 0 radical (unpaired) electrons. The Labute approximate surface area is 160 Å². The maximum atomic E-state index is 4.61. The number of hydrogen-bond donors (Lipinski definition) is 2. The van der Waals surface area contributed by atoms with Crippen LogP contribution in [0.15, 0.2) is 47.7 Å². The van der Waals surface area contributed by atoms with E-state index in [0.717, 1.165) is 41.7 Å². The van der Waals surface area contributed by atoms with Crippen LogP contribution in [-0.4, -0.2) is 39.1 Å². The van der Waals surface area contributed by atoms with E-state index >= 15 is 0 Å². The van der Waals surface area contributed by atoms with Gasteiger partial charge in [-0.15, -0.1) is 0 Å². The molecule has 0 spiro atoms. The molecule has 0 amide bonds. The topological polar surface area (TPSA) is 72.1 Å². The first-order valence-electron chi connectivity index (χ1n) is 9.12. The van der Waals surface area contributed by atoms with Gasteiger partial charge in [-0.25, -0.2) is 4.68 Å². The minimum atomic E-state index is 0.662. The summed E-state index contributed by atoms with van der Waals surface area (Å²) in [5, 5.41) is 15.6. The van der Waals surface area contributed by atoms with Crippen molar-refractivity contribution in [3.8, 4) is 5.69 Å². The van der Waals surface area contributed by atoms with Crippen LogP contribution in [0.5, 0.6) is 0 Å². The van der Waals surface area contributed by atoms with E-state index in [1.54, 1.807) is 7.05 Å². The van der Waals surface area contributed by atoms with Crippen LogP contribution in [0.2, 0.25) is 0 Å². The quantitative estimate of drug-likeness (QED) is 0.520. The molecule has 0 saturated carbocycles. The zero-order valence-electron chi connectivity index (χ0n) is 16.4. The third kappa shape index (κ3) is 4.75. The van der Waals surface area contributed by atoms with E-state index in [9.17, 15) is 0 Å². The van der Waals surface area contributed by atoms with Gasteiger partial charge in [-0.2, -0.15) is 10.2 Å². The second-order valence-electron chi connectivity index (χ2n) is 6.60. The third-order valence-electron chi connectivity index (χ3n) is 4.29. The molecular formula is C20H27N7. The number of aliphatic imine (C=N–C) groups is 1. The van der Waals surface area contributed by atoms with Crippen molar-refractivity contribution < 1.29 is 0 Å². The number of para-hydroxylation sites is 1. The first-order valence-corrected chi connectivity index (χ1v) is 9.12. The van der Waals surface area contributed by atoms with Gasteiger partial charge >= 0.3 is 0 Å². The molecular weight excluding hydrogens is 338 g/mol. The number of nitrogens with zero attached hydrogens (tertiary/aromatic N) is 5. The van der Waals surface area contributed by atoms with Gasteiger partial charge in [0.25, 0.3) is 0 Å². The van der Waals surface area contributed by atoms with Crippen LogP contribution in [-0.2, 0) is 13.1 Å². The Kier molecular flexibility index (Phi) is 5.90. The Morgan fingerprint density at radius 1 is 1.15 bits per heavy atom. The van der Waals surface area contributed by atoms with Gasteiger partial charge in [0.1, 0.15) is 0 Å². The van der Waals surface area contributed by atoms with Gasteiger partial charge < -0.3 is 10.6 Å². The molecule has 27 heavy (non-hydrogen) atoms. The van der Waals surface area contributed by atoms with Crippen LogP contribution in [0.4, 0.5) is 0 Å². The Bertz CT molecular complexity index is 920. The standard InChI is InChI=1S/C20H27N7/c1-15-12-24-26(14-15)10-9-22-20(21-4)23-13-18-7-5-6-8-19(18)27-17(3)11-16(2)25-27/h5-8,11-12,14H,9-10,13H2,1-4H3,(H2,21,22,23). The summed E-state index contributed by atoms with van der Waals surface area (Å²) in [5.74, 6) is 0.766. The van der Waals surface area contributed by atoms with Crippen molar-refractivity contribution in [2.24, 2.45) is 4.99 Å². The number of hydrogen-bond acceptors (Lipinski definition) is 3. The maximum Gasteiger partial charge on any atom is 0.191 e. The van der Waals surface area contributed by atoms with Gasteiger partial charge in [-0.1, -0.05) is 18.2 Å². The van der Waals surface area contributed by atoms with Crippen LogP contribution in [0.1, 0.15) is 22.5 Å². The van der Waals surface area contributed by atoms with Crippen LogP contribution < -0.4 is 10.6 Å². The highest BCUT2D eigenvalue weighted by Gasteiger charge is 2.09. The summed E-state index contributed by atoms with van der Waals surface area (Å²) in [7, 11) is 1.78.